The minimum atomic E-state index is -0.294. The molecule has 7 heteroatoms. The van der Waals surface area contributed by atoms with Crippen LogP contribution in [0.5, 0.6) is 0 Å². The van der Waals surface area contributed by atoms with Crippen LogP contribution >= 0.6 is 0 Å². The smallest absolute Gasteiger partial charge is 0.254 e. The molecule has 180 valence electrons. The topological polar surface area (TPSA) is 76.5 Å². The molecular formula is C29H26N4O3. The zero-order valence-corrected chi connectivity index (χ0v) is 19.7. The summed E-state index contributed by atoms with van der Waals surface area (Å²) < 4.78 is 7.13. The second kappa shape index (κ2) is 10.8. The average Bonchev–Trinajstić information content (AvgIpc) is 3.37. The Hall–Kier alpha value is -4.49. The second-order valence-electron chi connectivity index (χ2n) is 8.39. The number of carbonyl (C=O) groups is 2. The zero-order chi connectivity index (χ0) is 24.7. The van der Waals surface area contributed by atoms with E-state index in [1.807, 2.05) is 66.9 Å². The maximum atomic E-state index is 12.8. The number of rotatable bonds is 6. The summed E-state index contributed by atoms with van der Waals surface area (Å²) in [5.41, 5.74) is 4.58. The van der Waals surface area contributed by atoms with Crippen molar-refractivity contribution in [3.05, 3.63) is 108 Å². The van der Waals surface area contributed by atoms with Gasteiger partial charge in [0, 0.05) is 47.7 Å². The molecule has 7 nitrogen and oxygen atoms in total. The molecule has 0 spiro atoms. The first-order valence-corrected chi connectivity index (χ1v) is 11.8. The number of nitrogens with one attached hydrogen (secondary N) is 1. The van der Waals surface area contributed by atoms with E-state index < -0.39 is 0 Å². The number of benzene rings is 3. The summed E-state index contributed by atoms with van der Waals surface area (Å²) in [7, 11) is 0. The van der Waals surface area contributed by atoms with Gasteiger partial charge in [-0.25, -0.2) is 4.68 Å². The van der Waals surface area contributed by atoms with E-state index in [0.29, 0.717) is 37.6 Å². The van der Waals surface area contributed by atoms with E-state index in [-0.39, 0.29) is 11.8 Å². The molecule has 36 heavy (non-hydrogen) atoms. The number of hydrogen-bond acceptors (Lipinski definition) is 4. The maximum absolute atomic E-state index is 12.8. The molecule has 1 fully saturated rings. The van der Waals surface area contributed by atoms with Crippen LogP contribution in [0.4, 0.5) is 5.69 Å². The number of nitrogens with zero attached hydrogens (tertiary/aromatic N) is 3. The minimum absolute atomic E-state index is 0.0641. The molecule has 1 aliphatic heterocycles. The molecule has 4 aromatic rings. The number of aromatic nitrogens is 2. The minimum Gasteiger partial charge on any atom is -0.378 e. The first-order valence-electron chi connectivity index (χ1n) is 11.8. The predicted octanol–water partition coefficient (Wildman–Crippen LogP) is 4.66. The normalized spacial score (nSPS) is 13.6. The lowest BCUT2D eigenvalue weighted by Gasteiger charge is -2.27. The average molecular weight is 479 g/mol. The van der Waals surface area contributed by atoms with Crippen molar-refractivity contribution in [3.8, 4) is 16.9 Å². The Morgan fingerprint density at radius 1 is 0.889 bits per heavy atom. The molecule has 0 aliphatic carbocycles. The van der Waals surface area contributed by atoms with E-state index in [1.54, 1.807) is 39.9 Å². The van der Waals surface area contributed by atoms with Gasteiger partial charge in [-0.05, 0) is 36.4 Å². The summed E-state index contributed by atoms with van der Waals surface area (Å²) in [5, 5.41) is 7.63. The maximum Gasteiger partial charge on any atom is 0.254 e. The Balaban J connectivity index is 1.34. The molecule has 1 aliphatic rings. The molecular weight excluding hydrogens is 452 g/mol. The molecule has 2 amide bonds. The van der Waals surface area contributed by atoms with Crippen molar-refractivity contribution in [1.29, 1.82) is 0 Å². The number of morpholine rings is 1. The van der Waals surface area contributed by atoms with Crippen LogP contribution in [0.1, 0.15) is 15.9 Å². The number of anilines is 1. The van der Waals surface area contributed by atoms with Gasteiger partial charge in [-0.2, -0.15) is 5.10 Å². The highest BCUT2D eigenvalue weighted by Gasteiger charge is 2.18. The van der Waals surface area contributed by atoms with E-state index >= 15 is 0 Å². The summed E-state index contributed by atoms with van der Waals surface area (Å²) in [4.78, 5) is 27.3. The van der Waals surface area contributed by atoms with Crippen LogP contribution < -0.4 is 5.32 Å². The molecule has 0 atom stereocenters. The van der Waals surface area contributed by atoms with Gasteiger partial charge in [0.1, 0.15) is 0 Å². The van der Waals surface area contributed by atoms with Gasteiger partial charge in [-0.3, -0.25) is 9.59 Å². The Bertz CT molecular complexity index is 1370. The van der Waals surface area contributed by atoms with Gasteiger partial charge in [-0.15, -0.1) is 0 Å². The van der Waals surface area contributed by atoms with Crippen molar-refractivity contribution in [2.45, 2.75) is 0 Å². The fourth-order valence-electron chi connectivity index (χ4n) is 4.07. The summed E-state index contributed by atoms with van der Waals surface area (Å²) in [6, 6.07) is 26.7. The third-order valence-electron chi connectivity index (χ3n) is 5.90. The van der Waals surface area contributed by atoms with Gasteiger partial charge in [0.15, 0.2) is 0 Å². The van der Waals surface area contributed by atoms with E-state index in [9.17, 15) is 9.59 Å². The second-order valence-corrected chi connectivity index (χ2v) is 8.39. The van der Waals surface area contributed by atoms with Gasteiger partial charge in [-0.1, -0.05) is 54.6 Å². The van der Waals surface area contributed by atoms with Crippen LogP contribution in [0.3, 0.4) is 0 Å². The SMILES string of the molecule is O=C(/C=C/c1cn(-c2ccccc2)nc1-c1ccccc1)Nc1cccc(C(=O)N2CCOCC2)c1. The zero-order valence-electron chi connectivity index (χ0n) is 19.7. The summed E-state index contributed by atoms with van der Waals surface area (Å²) in [5.74, 6) is -0.358. The number of ether oxygens (including phenoxy) is 1. The monoisotopic (exact) mass is 478 g/mol. The lowest BCUT2D eigenvalue weighted by atomic mass is 10.1. The number of amides is 2. The first kappa shape index (κ1) is 23.3. The molecule has 2 heterocycles. The van der Waals surface area contributed by atoms with Crippen LogP contribution in [0.2, 0.25) is 0 Å². The van der Waals surface area contributed by atoms with Crippen molar-refractivity contribution < 1.29 is 14.3 Å². The third-order valence-corrected chi connectivity index (χ3v) is 5.90. The molecule has 0 radical (unpaired) electrons. The van der Waals surface area contributed by atoms with Gasteiger partial charge in [0.05, 0.1) is 24.6 Å². The van der Waals surface area contributed by atoms with Gasteiger partial charge >= 0.3 is 0 Å². The van der Waals surface area contributed by atoms with Crippen molar-refractivity contribution in [1.82, 2.24) is 14.7 Å². The Morgan fingerprint density at radius 3 is 2.36 bits per heavy atom. The lowest BCUT2D eigenvalue weighted by molar-refractivity contribution is -0.111. The highest BCUT2D eigenvalue weighted by atomic mass is 16.5. The number of hydrogen-bond donors (Lipinski definition) is 1. The summed E-state index contributed by atoms with van der Waals surface area (Å²) in [6.07, 6.45) is 5.14. The standard InChI is InChI=1S/C29H26N4O3/c34-27(30-25-11-7-10-23(20-25)29(35)32-16-18-36-19-17-32)15-14-24-21-33(26-12-5-2-6-13-26)31-28(24)22-8-3-1-4-9-22/h1-15,20-21H,16-19H2,(H,30,34)/b15-14+. The van der Waals surface area contributed by atoms with E-state index in [2.05, 4.69) is 5.32 Å². The van der Waals surface area contributed by atoms with Crippen molar-refractivity contribution in [3.63, 3.8) is 0 Å². The van der Waals surface area contributed by atoms with E-state index in [0.717, 1.165) is 22.5 Å². The van der Waals surface area contributed by atoms with Crippen LogP contribution in [0.25, 0.3) is 23.0 Å². The van der Waals surface area contributed by atoms with Crippen LogP contribution in [-0.2, 0) is 9.53 Å². The molecule has 0 bridgehead atoms. The highest BCUT2D eigenvalue weighted by molar-refractivity contribution is 6.03. The molecule has 1 saturated heterocycles. The van der Waals surface area contributed by atoms with E-state index in [1.165, 1.54) is 6.08 Å². The molecule has 0 saturated carbocycles. The van der Waals surface area contributed by atoms with Gasteiger partial charge in [0.2, 0.25) is 5.91 Å². The first-order chi connectivity index (χ1) is 17.7. The van der Waals surface area contributed by atoms with Crippen molar-refractivity contribution in [2.24, 2.45) is 0 Å². The predicted molar refractivity (Wildman–Crippen MR) is 140 cm³/mol. The Morgan fingerprint density at radius 2 is 1.61 bits per heavy atom. The Kier molecular flexibility index (Phi) is 7.00. The summed E-state index contributed by atoms with van der Waals surface area (Å²) in [6.45, 7) is 2.22. The molecule has 1 aromatic heterocycles. The number of para-hydroxylation sites is 1. The van der Waals surface area contributed by atoms with Crippen LogP contribution in [-0.4, -0.2) is 52.8 Å². The fourth-order valence-corrected chi connectivity index (χ4v) is 4.07. The molecule has 3 aromatic carbocycles. The fraction of sp³-hybridized carbons (Fsp3) is 0.138. The lowest BCUT2D eigenvalue weighted by Crippen LogP contribution is -2.40. The van der Waals surface area contributed by atoms with E-state index in [4.69, 9.17) is 9.84 Å². The van der Waals surface area contributed by atoms with Gasteiger partial charge in [0.25, 0.3) is 5.91 Å². The van der Waals surface area contributed by atoms with Crippen LogP contribution in [0, 0.1) is 0 Å². The molecule has 5 rings (SSSR count). The molecule has 0 unspecified atom stereocenters. The van der Waals surface area contributed by atoms with Crippen molar-refractivity contribution >= 4 is 23.6 Å². The third kappa shape index (κ3) is 5.42. The van der Waals surface area contributed by atoms with Gasteiger partial charge < -0.3 is 15.0 Å². The molecule has 1 N–H and O–H groups in total. The summed E-state index contributed by atoms with van der Waals surface area (Å²) >= 11 is 0. The number of carbonyl (C=O) groups excluding carboxylic acids is 2. The quantitative estimate of drug-likeness (QED) is 0.409. The largest absolute Gasteiger partial charge is 0.378 e. The Labute approximate surface area is 209 Å². The van der Waals surface area contributed by atoms with Crippen molar-refractivity contribution in [2.75, 3.05) is 31.6 Å². The van der Waals surface area contributed by atoms with Crippen LogP contribution in [0.15, 0.2) is 97.2 Å². The highest BCUT2D eigenvalue weighted by Crippen LogP contribution is 2.25.